The van der Waals surface area contributed by atoms with Crippen LogP contribution in [0.3, 0.4) is 0 Å². The summed E-state index contributed by atoms with van der Waals surface area (Å²) in [6.07, 6.45) is 5.26. The minimum absolute atomic E-state index is 0.131. The predicted octanol–water partition coefficient (Wildman–Crippen LogP) is 1.46. The van der Waals surface area contributed by atoms with Crippen LogP contribution in [-0.2, 0) is 6.54 Å². The van der Waals surface area contributed by atoms with Crippen molar-refractivity contribution in [3.63, 3.8) is 0 Å². The van der Waals surface area contributed by atoms with Gasteiger partial charge in [-0.25, -0.2) is 0 Å². The maximum atomic E-state index is 12.5. The van der Waals surface area contributed by atoms with Crippen molar-refractivity contribution in [1.29, 1.82) is 0 Å². The van der Waals surface area contributed by atoms with Gasteiger partial charge >= 0.3 is 0 Å². The minimum Gasteiger partial charge on any atom is -0.344 e. The van der Waals surface area contributed by atoms with E-state index in [2.05, 4.69) is 0 Å². The van der Waals surface area contributed by atoms with Crippen molar-refractivity contribution in [2.24, 2.45) is 5.73 Å². The molecule has 2 heterocycles. The lowest BCUT2D eigenvalue weighted by Crippen LogP contribution is -2.47. The Hall–Kier alpha value is -1.29. The van der Waals surface area contributed by atoms with Gasteiger partial charge in [0.25, 0.3) is 5.91 Å². The van der Waals surface area contributed by atoms with Crippen LogP contribution in [0.25, 0.3) is 0 Å². The maximum absolute atomic E-state index is 12.5. The summed E-state index contributed by atoms with van der Waals surface area (Å²) in [6.45, 7) is 4.29. The van der Waals surface area contributed by atoms with E-state index in [-0.39, 0.29) is 11.9 Å². The van der Waals surface area contributed by atoms with Crippen molar-refractivity contribution in [2.75, 3.05) is 13.1 Å². The summed E-state index contributed by atoms with van der Waals surface area (Å²) in [6, 6.07) is 4.04. The molecule has 1 aliphatic rings. The molecule has 1 amide bonds. The smallest absolute Gasteiger partial charge is 0.270 e. The highest BCUT2D eigenvalue weighted by Crippen LogP contribution is 2.19. The van der Waals surface area contributed by atoms with Crippen molar-refractivity contribution in [3.05, 3.63) is 24.0 Å². The van der Waals surface area contributed by atoms with Gasteiger partial charge in [-0.1, -0.05) is 0 Å². The Morgan fingerprint density at radius 3 is 3.06 bits per heavy atom. The molecule has 2 N–H and O–H groups in total. The van der Waals surface area contributed by atoms with Crippen LogP contribution in [0, 0.1) is 0 Å². The average molecular weight is 235 g/mol. The zero-order valence-corrected chi connectivity index (χ0v) is 10.4. The van der Waals surface area contributed by atoms with Crippen LogP contribution in [-0.4, -0.2) is 34.5 Å². The summed E-state index contributed by atoms with van der Waals surface area (Å²) in [5.41, 5.74) is 6.54. The first kappa shape index (κ1) is 12.2. The molecule has 4 heteroatoms. The molecule has 4 nitrogen and oxygen atoms in total. The van der Waals surface area contributed by atoms with Gasteiger partial charge in [-0.15, -0.1) is 0 Å². The van der Waals surface area contributed by atoms with E-state index in [1.165, 1.54) is 6.42 Å². The second-order valence-corrected chi connectivity index (χ2v) is 4.56. The number of nitrogens with two attached hydrogens (primary N) is 1. The standard InChI is InChI=1S/C13H21N3O/c1-2-15-8-5-7-12(15)13(17)16-9-4-3-6-11(16)10-14/h5,7-8,11H,2-4,6,9-10,14H2,1H3. The maximum Gasteiger partial charge on any atom is 0.270 e. The molecule has 1 aromatic heterocycles. The molecule has 94 valence electrons. The van der Waals surface area contributed by atoms with Gasteiger partial charge in [0, 0.05) is 31.9 Å². The molecule has 0 radical (unpaired) electrons. The number of aromatic nitrogens is 1. The van der Waals surface area contributed by atoms with Gasteiger partial charge in [0.2, 0.25) is 0 Å². The van der Waals surface area contributed by atoms with Crippen molar-refractivity contribution >= 4 is 5.91 Å². The van der Waals surface area contributed by atoms with E-state index in [1.807, 2.05) is 34.7 Å². The number of carbonyl (C=O) groups is 1. The third kappa shape index (κ3) is 2.36. The molecular formula is C13H21N3O. The minimum atomic E-state index is 0.131. The molecule has 1 aromatic rings. The zero-order chi connectivity index (χ0) is 12.3. The van der Waals surface area contributed by atoms with E-state index in [0.29, 0.717) is 6.54 Å². The van der Waals surface area contributed by atoms with Gasteiger partial charge in [-0.3, -0.25) is 4.79 Å². The van der Waals surface area contributed by atoms with Crippen LogP contribution in [0.1, 0.15) is 36.7 Å². The van der Waals surface area contributed by atoms with E-state index < -0.39 is 0 Å². The lowest BCUT2D eigenvalue weighted by Gasteiger charge is -2.35. The number of carbonyl (C=O) groups excluding carboxylic acids is 1. The first-order valence-electron chi connectivity index (χ1n) is 6.44. The Bertz CT molecular complexity index is 386. The number of aryl methyl sites for hydroxylation is 1. The molecule has 0 aromatic carbocycles. The highest BCUT2D eigenvalue weighted by atomic mass is 16.2. The van der Waals surface area contributed by atoms with Crippen LogP contribution in [0.5, 0.6) is 0 Å². The third-order valence-corrected chi connectivity index (χ3v) is 3.55. The van der Waals surface area contributed by atoms with Crippen molar-refractivity contribution in [2.45, 2.75) is 38.8 Å². The molecule has 0 aliphatic carbocycles. The Balaban J connectivity index is 2.18. The first-order valence-corrected chi connectivity index (χ1v) is 6.44. The fourth-order valence-electron chi connectivity index (χ4n) is 2.54. The summed E-state index contributed by atoms with van der Waals surface area (Å²) < 4.78 is 1.99. The Morgan fingerprint density at radius 2 is 2.35 bits per heavy atom. The fraction of sp³-hybridized carbons (Fsp3) is 0.615. The molecule has 1 saturated heterocycles. The summed E-state index contributed by atoms with van der Waals surface area (Å²) in [7, 11) is 0. The number of hydrogen-bond donors (Lipinski definition) is 1. The van der Waals surface area contributed by atoms with Crippen molar-refractivity contribution in [3.8, 4) is 0 Å². The van der Waals surface area contributed by atoms with Crippen LogP contribution < -0.4 is 5.73 Å². The average Bonchev–Trinajstić information content (AvgIpc) is 2.86. The van der Waals surface area contributed by atoms with Gasteiger partial charge in [0.1, 0.15) is 5.69 Å². The molecule has 1 aliphatic heterocycles. The highest BCUT2D eigenvalue weighted by Gasteiger charge is 2.27. The molecule has 1 unspecified atom stereocenters. The Morgan fingerprint density at radius 1 is 1.53 bits per heavy atom. The molecule has 1 fully saturated rings. The molecule has 0 saturated carbocycles. The number of piperidine rings is 1. The van der Waals surface area contributed by atoms with Gasteiger partial charge in [0.15, 0.2) is 0 Å². The summed E-state index contributed by atoms with van der Waals surface area (Å²) in [4.78, 5) is 14.4. The topological polar surface area (TPSA) is 51.3 Å². The van der Waals surface area contributed by atoms with Crippen molar-refractivity contribution < 1.29 is 4.79 Å². The SMILES string of the molecule is CCn1cccc1C(=O)N1CCCCC1CN. The van der Waals surface area contributed by atoms with Crippen LogP contribution in [0.4, 0.5) is 0 Å². The second kappa shape index (κ2) is 5.36. The number of rotatable bonds is 3. The molecular weight excluding hydrogens is 214 g/mol. The van der Waals surface area contributed by atoms with Gasteiger partial charge in [-0.2, -0.15) is 0 Å². The highest BCUT2D eigenvalue weighted by molar-refractivity contribution is 5.93. The van der Waals surface area contributed by atoms with Crippen molar-refractivity contribution in [1.82, 2.24) is 9.47 Å². The van der Waals surface area contributed by atoms with Gasteiger partial charge < -0.3 is 15.2 Å². The number of nitrogens with zero attached hydrogens (tertiary/aromatic N) is 2. The van der Waals surface area contributed by atoms with E-state index >= 15 is 0 Å². The summed E-state index contributed by atoms with van der Waals surface area (Å²) >= 11 is 0. The number of hydrogen-bond acceptors (Lipinski definition) is 2. The zero-order valence-electron chi connectivity index (χ0n) is 10.4. The molecule has 0 spiro atoms. The summed E-state index contributed by atoms with van der Waals surface area (Å²) in [5.74, 6) is 0.131. The predicted molar refractivity (Wildman–Crippen MR) is 67.8 cm³/mol. The van der Waals surface area contributed by atoms with E-state index in [4.69, 9.17) is 5.73 Å². The van der Waals surface area contributed by atoms with E-state index in [0.717, 1.165) is 31.6 Å². The second-order valence-electron chi connectivity index (χ2n) is 4.56. The number of likely N-dealkylation sites (tertiary alicyclic amines) is 1. The van der Waals surface area contributed by atoms with Crippen LogP contribution in [0.15, 0.2) is 18.3 Å². The first-order chi connectivity index (χ1) is 8.27. The lowest BCUT2D eigenvalue weighted by atomic mass is 10.0. The number of amides is 1. The molecule has 2 rings (SSSR count). The third-order valence-electron chi connectivity index (χ3n) is 3.55. The van der Waals surface area contributed by atoms with Crippen LogP contribution >= 0.6 is 0 Å². The largest absolute Gasteiger partial charge is 0.344 e. The Labute approximate surface area is 102 Å². The van der Waals surface area contributed by atoms with E-state index in [1.54, 1.807) is 0 Å². The fourth-order valence-corrected chi connectivity index (χ4v) is 2.54. The van der Waals surface area contributed by atoms with Gasteiger partial charge in [-0.05, 0) is 38.3 Å². The molecule has 1 atom stereocenters. The lowest BCUT2D eigenvalue weighted by molar-refractivity contribution is 0.0612. The normalized spacial score (nSPS) is 20.6. The monoisotopic (exact) mass is 235 g/mol. The Kier molecular flexibility index (Phi) is 3.84. The molecule has 17 heavy (non-hydrogen) atoms. The summed E-state index contributed by atoms with van der Waals surface area (Å²) in [5, 5.41) is 0. The van der Waals surface area contributed by atoms with E-state index in [9.17, 15) is 4.79 Å². The molecule has 0 bridgehead atoms. The van der Waals surface area contributed by atoms with Crippen LogP contribution in [0.2, 0.25) is 0 Å². The quantitative estimate of drug-likeness (QED) is 0.862. The van der Waals surface area contributed by atoms with Gasteiger partial charge in [0.05, 0.1) is 0 Å².